The summed E-state index contributed by atoms with van der Waals surface area (Å²) in [6.07, 6.45) is 8.13. The highest BCUT2D eigenvalue weighted by Crippen LogP contribution is 2.27. The third-order valence-electron chi connectivity index (χ3n) is 4.78. The molecule has 1 aliphatic carbocycles. The maximum atomic E-state index is 13.2. The van der Waals surface area contributed by atoms with Gasteiger partial charge >= 0.3 is 0 Å². The van der Waals surface area contributed by atoms with Crippen LogP contribution in [0.2, 0.25) is 0 Å². The molecule has 3 rings (SSSR count). The van der Waals surface area contributed by atoms with Gasteiger partial charge in [-0.1, -0.05) is 18.2 Å². The molecule has 0 amide bonds. The van der Waals surface area contributed by atoms with Crippen molar-refractivity contribution in [2.24, 2.45) is 5.92 Å². The first-order valence-corrected chi connectivity index (χ1v) is 8.57. The van der Waals surface area contributed by atoms with Crippen LogP contribution in [0.1, 0.15) is 23.2 Å². The Balaban J connectivity index is 1.86. The third-order valence-corrected chi connectivity index (χ3v) is 4.78. The van der Waals surface area contributed by atoms with Gasteiger partial charge in [-0.05, 0) is 36.8 Å². The molecule has 6 heteroatoms. The van der Waals surface area contributed by atoms with Crippen molar-refractivity contribution in [3.05, 3.63) is 60.0 Å². The second kappa shape index (κ2) is 8.29. The number of hydrogen-bond donors (Lipinski definition) is 0. The number of aldehydes is 1. The smallest absolute Gasteiger partial charge is 0.180 e. The lowest BCUT2D eigenvalue weighted by molar-refractivity contribution is -0.118. The predicted molar refractivity (Wildman–Crippen MR) is 93.0 cm³/mol. The van der Waals surface area contributed by atoms with Gasteiger partial charge in [-0.25, -0.2) is 4.39 Å². The molecule has 1 aromatic rings. The Morgan fingerprint density at radius 3 is 2.77 bits per heavy atom. The fourth-order valence-corrected chi connectivity index (χ4v) is 3.44. The van der Waals surface area contributed by atoms with E-state index in [1.807, 2.05) is 17.1 Å². The van der Waals surface area contributed by atoms with Crippen LogP contribution in [0.4, 0.5) is 4.39 Å². The van der Waals surface area contributed by atoms with Crippen LogP contribution < -0.4 is 0 Å². The van der Waals surface area contributed by atoms with E-state index >= 15 is 0 Å². The molecule has 2 aliphatic rings. The van der Waals surface area contributed by atoms with Gasteiger partial charge in [0.25, 0.3) is 0 Å². The number of carbonyl (C=O) groups is 3. The molecular weight excluding hydrogens is 337 g/mol. The Morgan fingerprint density at radius 1 is 1.31 bits per heavy atom. The predicted octanol–water partition coefficient (Wildman–Crippen LogP) is 2.33. The summed E-state index contributed by atoms with van der Waals surface area (Å²) in [4.78, 5) is 38.0. The zero-order chi connectivity index (χ0) is 18.5. The second-order valence-electron chi connectivity index (χ2n) is 6.38. The molecule has 5 nitrogen and oxygen atoms in total. The Morgan fingerprint density at radius 2 is 2.08 bits per heavy atom. The van der Waals surface area contributed by atoms with E-state index in [0.717, 1.165) is 6.29 Å². The molecule has 1 heterocycles. The van der Waals surface area contributed by atoms with Gasteiger partial charge < -0.3 is 9.53 Å². The SMILES string of the molecule is O=CCCC(C(=O)c1ccc(F)cc1)N1COC[C@@H]1C1C=CC=CC1=O. The van der Waals surface area contributed by atoms with Crippen molar-refractivity contribution in [3.63, 3.8) is 0 Å². The number of benzene rings is 1. The summed E-state index contributed by atoms with van der Waals surface area (Å²) in [7, 11) is 0. The summed E-state index contributed by atoms with van der Waals surface area (Å²) in [6.45, 7) is 0.547. The zero-order valence-corrected chi connectivity index (χ0v) is 14.2. The third kappa shape index (κ3) is 3.86. The van der Waals surface area contributed by atoms with Gasteiger partial charge in [-0.15, -0.1) is 0 Å². The van der Waals surface area contributed by atoms with Gasteiger partial charge in [-0.2, -0.15) is 0 Å². The fraction of sp³-hybridized carbons (Fsp3) is 0.350. The zero-order valence-electron chi connectivity index (χ0n) is 14.2. The van der Waals surface area contributed by atoms with Crippen molar-refractivity contribution in [1.82, 2.24) is 4.90 Å². The van der Waals surface area contributed by atoms with E-state index in [9.17, 15) is 18.8 Å². The molecule has 136 valence electrons. The first-order chi connectivity index (χ1) is 12.6. The minimum absolute atomic E-state index is 0.0311. The largest absolute Gasteiger partial charge is 0.364 e. The number of nitrogens with zero attached hydrogens (tertiary/aromatic N) is 1. The molecule has 1 fully saturated rings. The van der Waals surface area contributed by atoms with E-state index in [-0.39, 0.29) is 36.7 Å². The van der Waals surface area contributed by atoms with Gasteiger partial charge in [0.15, 0.2) is 11.6 Å². The summed E-state index contributed by atoms with van der Waals surface area (Å²) >= 11 is 0. The highest BCUT2D eigenvalue weighted by molar-refractivity contribution is 6.00. The first-order valence-electron chi connectivity index (χ1n) is 8.57. The monoisotopic (exact) mass is 357 g/mol. The average Bonchev–Trinajstić information content (AvgIpc) is 3.12. The van der Waals surface area contributed by atoms with Crippen LogP contribution in [-0.4, -0.2) is 48.2 Å². The number of allylic oxidation sites excluding steroid dienone is 3. The number of ketones is 2. The maximum absolute atomic E-state index is 13.2. The molecule has 0 bridgehead atoms. The summed E-state index contributed by atoms with van der Waals surface area (Å²) < 4.78 is 18.7. The maximum Gasteiger partial charge on any atom is 0.180 e. The van der Waals surface area contributed by atoms with Crippen molar-refractivity contribution in [2.45, 2.75) is 24.9 Å². The van der Waals surface area contributed by atoms with Crippen LogP contribution in [-0.2, 0) is 14.3 Å². The van der Waals surface area contributed by atoms with E-state index in [4.69, 9.17) is 4.74 Å². The fourth-order valence-electron chi connectivity index (χ4n) is 3.44. The Kier molecular flexibility index (Phi) is 5.85. The van der Waals surface area contributed by atoms with E-state index in [0.29, 0.717) is 18.6 Å². The topological polar surface area (TPSA) is 63.7 Å². The van der Waals surface area contributed by atoms with Gasteiger partial charge in [0.05, 0.1) is 18.6 Å². The van der Waals surface area contributed by atoms with Crippen LogP contribution in [0.25, 0.3) is 0 Å². The van der Waals surface area contributed by atoms with E-state index < -0.39 is 11.9 Å². The number of rotatable bonds is 7. The quantitative estimate of drug-likeness (QED) is 0.554. The second-order valence-corrected chi connectivity index (χ2v) is 6.38. The van der Waals surface area contributed by atoms with Crippen molar-refractivity contribution in [3.8, 4) is 0 Å². The summed E-state index contributed by atoms with van der Waals surface area (Å²) in [5, 5.41) is 0. The highest BCUT2D eigenvalue weighted by Gasteiger charge is 2.40. The van der Waals surface area contributed by atoms with Gasteiger partial charge in [-0.3, -0.25) is 14.5 Å². The average molecular weight is 357 g/mol. The molecule has 0 radical (unpaired) electrons. The molecule has 1 aliphatic heterocycles. The van der Waals surface area contributed by atoms with Crippen LogP contribution in [0.15, 0.2) is 48.6 Å². The van der Waals surface area contributed by atoms with Crippen molar-refractivity contribution >= 4 is 17.9 Å². The lowest BCUT2D eigenvalue weighted by Gasteiger charge is -2.33. The number of carbonyl (C=O) groups excluding carboxylic acids is 3. The number of ether oxygens (including phenoxy) is 1. The summed E-state index contributed by atoms with van der Waals surface area (Å²) in [5.41, 5.74) is 0.373. The number of Topliss-reactive ketones (excluding diaryl/α,β-unsaturated/α-hetero) is 1. The van der Waals surface area contributed by atoms with Crippen LogP contribution in [0.5, 0.6) is 0 Å². The number of hydrogen-bond acceptors (Lipinski definition) is 5. The van der Waals surface area contributed by atoms with Crippen molar-refractivity contribution in [2.75, 3.05) is 13.3 Å². The van der Waals surface area contributed by atoms with Crippen LogP contribution in [0.3, 0.4) is 0 Å². The molecule has 0 aromatic heterocycles. The van der Waals surface area contributed by atoms with Gasteiger partial charge in [0, 0.05) is 18.0 Å². The normalized spacial score (nSPS) is 24.0. The van der Waals surface area contributed by atoms with Crippen molar-refractivity contribution < 1.29 is 23.5 Å². The highest BCUT2D eigenvalue weighted by atomic mass is 19.1. The molecular formula is C20H20FNO4. The lowest BCUT2D eigenvalue weighted by atomic mass is 9.89. The molecule has 0 spiro atoms. The minimum Gasteiger partial charge on any atom is -0.364 e. The van der Waals surface area contributed by atoms with Crippen LogP contribution >= 0.6 is 0 Å². The molecule has 2 unspecified atom stereocenters. The molecule has 26 heavy (non-hydrogen) atoms. The lowest BCUT2D eigenvalue weighted by Crippen LogP contribution is -2.49. The molecule has 0 N–H and O–H groups in total. The first kappa shape index (κ1) is 18.4. The summed E-state index contributed by atoms with van der Waals surface area (Å²) in [5.74, 6) is -1.04. The van der Waals surface area contributed by atoms with E-state index in [2.05, 4.69) is 0 Å². The summed E-state index contributed by atoms with van der Waals surface area (Å²) in [6, 6.07) is 4.47. The Hall–Kier alpha value is -2.44. The van der Waals surface area contributed by atoms with Gasteiger partial charge in [0.1, 0.15) is 18.8 Å². The van der Waals surface area contributed by atoms with Crippen LogP contribution in [0, 0.1) is 11.7 Å². The Bertz CT molecular complexity index is 741. The van der Waals surface area contributed by atoms with E-state index in [1.165, 1.54) is 30.3 Å². The van der Waals surface area contributed by atoms with Gasteiger partial charge in [0.2, 0.25) is 0 Å². The number of halogens is 1. The molecule has 1 aromatic carbocycles. The van der Waals surface area contributed by atoms with E-state index in [1.54, 1.807) is 6.08 Å². The van der Waals surface area contributed by atoms with Crippen molar-refractivity contribution in [1.29, 1.82) is 0 Å². The Labute approximate surface area is 151 Å². The minimum atomic E-state index is -0.606. The molecule has 0 saturated carbocycles. The molecule has 1 saturated heterocycles. The standard InChI is InChI=1S/C20H20FNO4/c21-15-9-7-14(8-10-15)20(25)17(5-3-11-23)22-13-26-12-18(22)16-4-1-2-6-19(16)24/h1-2,4,6-11,16-18H,3,5,12-13H2/t16?,17?,18-/m1/s1. The molecule has 3 atom stereocenters.